The molecular weight excluding hydrogens is 204 g/mol. The van der Waals surface area contributed by atoms with E-state index in [9.17, 15) is 9.59 Å². The summed E-state index contributed by atoms with van der Waals surface area (Å²) in [6, 6.07) is 0. The maximum Gasteiger partial charge on any atom is 0.170 e. The summed E-state index contributed by atoms with van der Waals surface area (Å²) in [5.74, 6) is 0.887. The summed E-state index contributed by atoms with van der Waals surface area (Å²) in [5, 5.41) is 0. The second kappa shape index (κ2) is 2.42. The molecule has 4 rings (SSSR count). The highest BCUT2D eigenvalue weighted by Gasteiger charge is 2.77. The fourth-order valence-corrected chi connectivity index (χ4v) is 4.78. The van der Waals surface area contributed by atoms with Crippen molar-refractivity contribution >= 4 is 11.6 Å². The summed E-state index contributed by atoms with van der Waals surface area (Å²) >= 11 is 0. The maximum absolute atomic E-state index is 12.4. The number of fused-ring (bicyclic) bond motifs is 6. The van der Waals surface area contributed by atoms with Crippen LogP contribution in [-0.4, -0.2) is 23.3 Å². The Morgan fingerprint density at radius 3 is 2.69 bits per heavy atom. The number of hydrogen-bond donors (Lipinski definition) is 0. The average Bonchev–Trinajstić information content (AvgIpc) is 2.72. The van der Waals surface area contributed by atoms with E-state index in [0.717, 1.165) is 25.7 Å². The Kier molecular flexibility index (Phi) is 1.42. The van der Waals surface area contributed by atoms with Crippen molar-refractivity contribution in [3.8, 4) is 0 Å². The lowest BCUT2D eigenvalue weighted by Crippen LogP contribution is -2.59. The highest BCUT2D eigenvalue weighted by atomic mass is 16.5. The lowest BCUT2D eigenvalue weighted by molar-refractivity contribution is -0.148. The molecule has 2 saturated carbocycles. The molecule has 0 N–H and O–H groups in total. The van der Waals surface area contributed by atoms with Crippen molar-refractivity contribution in [3.05, 3.63) is 0 Å². The Labute approximate surface area is 94.5 Å². The number of ketones is 2. The minimum atomic E-state index is -0.453. The first-order chi connectivity index (χ1) is 7.60. The van der Waals surface area contributed by atoms with Crippen LogP contribution in [0.15, 0.2) is 0 Å². The smallest absolute Gasteiger partial charge is 0.170 e. The fourth-order valence-electron chi connectivity index (χ4n) is 4.78. The van der Waals surface area contributed by atoms with E-state index < -0.39 is 5.60 Å². The van der Waals surface area contributed by atoms with Crippen LogP contribution in [0.4, 0.5) is 0 Å². The molecule has 3 nitrogen and oxygen atoms in total. The largest absolute Gasteiger partial charge is 0.362 e. The van der Waals surface area contributed by atoms with E-state index in [-0.39, 0.29) is 23.4 Å². The molecule has 0 unspecified atom stereocenters. The van der Waals surface area contributed by atoms with Crippen LogP contribution in [0.3, 0.4) is 0 Å². The molecule has 86 valence electrons. The lowest BCUT2D eigenvalue weighted by atomic mass is 9.50. The Bertz CT molecular complexity index is 409. The van der Waals surface area contributed by atoms with E-state index >= 15 is 0 Å². The zero-order chi connectivity index (χ0) is 11.1. The van der Waals surface area contributed by atoms with Crippen molar-refractivity contribution in [3.63, 3.8) is 0 Å². The van der Waals surface area contributed by atoms with Crippen LogP contribution in [0.5, 0.6) is 0 Å². The highest BCUT2D eigenvalue weighted by Crippen LogP contribution is 2.68. The van der Waals surface area contributed by atoms with Crippen LogP contribution in [0.2, 0.25) is 0 Å². The summed E-state index contributed by atoms with van der Waals surface area (Å²) in [4.78, 5) is 24.4. The van der Waals surface area contributed by atoms with Gasteiger partial charge in [0.1, 0.15) is 11.9 Å². The topological polar surface area (TPSA) is 43.4 Å². The Morgan fingerprint density at radius 2 is 2.06 bits per heavy atom. The van der Waals surface area contributed by atoms with Crippen molar-refractivity contribution in [1.29, 1.82) is 0 Å². The molecule has 2 aliphatic carbocycles. The van der Waals surface area contributed by atoms with Gasteiger partial charge in [-0.15, -0.1) is 0 Å². The van der Waals surface area contributed by atoms with E-state index in [2.05, 4.69) is 0 Å². The van der Waals surface area contributed by atoms with Crippen LogP contribution in [-0.2, 0) is 14.3 Å². The van der Waals surface area contributed by atoms with Crippen molar-refractivity contribution in [2.45, 2.75) is 50.7 Å². The number of rotatable bonds is 0. The van der Waals surface area contributed by atoms with Gasteiger partial charge in [-0.1, -0.05) is 6.42 Å². The third kappa shape index (κ3) is 0.682. The van der Waals surface area contributed by atoms with Crippen molar-refractivity contribution in [2.75, 3.05) is 0 Å². The molecule has 0 amide bonds. The predicted molar refractivity (Wildman–Crippen MR) is 55.8 cm³/mol. The Balaban J connectivity index is 1.87. The van der Waals surface area contributed by atoms with E-state index in [4.69, 9.17) is 4.74 Å². The van der Waals surface area contributed by atoms with Crippen LogP contribution in [0.25, 0.3) is 0 Å². The number of ether oxygens (including phenoxy) is 1. The van der Waals surface area contributed by atoms with Crippen molar-refractivity contribution < 1.29 is 14.3 Å². The molecule has 0 aromatic carbocycles. The number of hydrogen-bond acceptors (Lipinski definition) is 3. The van der Waals surface area contributed by atoms with Gasteiger partial charge >= 0.3 is 0 Å². The number of carbonyl (C=O) groups excluding carboxylic acids is 2. The van der Waals surface area contributed by atoms with Crippen molar-refractivity contribution in [2.24, 2.45) is 17.3 Å². The van der Waals surface area contributed by atoms with Gasteiger partial charge in [0.25, 0.3) is 0 Å². The Morgan fingerprint density at radius 1 is 1.31 bits per heavy atom. The minimum absolute atomic E-state index is 0.0236. The van der Waals surface area contributed by atoms with Crippen LogP contribution >= 0.6 is 0 Å². The highest BCUT2D eigenvalue weighted by molar-refractivity contribution is 5.99. The minimum Gasteiger partial charge on any atom is -0.362 e. The van der Waals surface area contributed by atoms with E-state index in [1.807, 2.05) is 6.92 Å². The lowest BCUT2D eigenvalue weighted by Gasteiger charge is -2.50. The van der Waals surface area contributed by atoms with Gasteiger partial charge in [0.05, 0.1) is 16.9 Å². The van der Waals surface area contributed by atoms with E-state index in [1.54, 1.807) is 0 Å². The van der Waals surface area contributed by atoms with Crippen LogP contribution < -0.4 is 0 Å². The molecule has 1 spiro atoms. The number of Topliss-reactive ketones (excluding diaryl/α,β-unsaturated/α-hetero) is 2. The molecule has 2 aliphatic heterocycles. The summed E-state index contributed by atoms with van der Waals surface area (Å²) in [5.41, 5.74) is -0.732. The van der Waals surface area contributed by atoms with Gasteiger partial charge in [0.2, 0.25) is 0 Å². The molecule has 4 aliphatic rings. The monoisotopic (exact) mass is 220 g/mol. The summed E-state index contributed by atoms with van der Waals surface area (Å²) in [7, 11) is 0. The predicted octanol–water partition coefficient (Wildman–Crippen LogP) is 1.49. The van der Waals surface area contributed by atoms with E-state index in [1.165, 1.54) is 0 Å². The quantitative estimate of drug-likeness (QED) is 0.621. The average molecular weight is 220 g/mol. The fraction of sp³-hybridized carbons (Fsp3) is 0.846. The van der Waals surface area contributed by atoms with Gasteiger partial charge in [0.15, 0.2) is 5.78 Å². The van der Waals surface area contributed by atoms with Gasteiger partial charge in [-0.2, -0.15) is 0 Å². The first-order valence-corrected chi connectivity index (χ1v) is 6.35. The third-order valence-corrected chi connectivity index (χ3v) is 5.74. The summed E-state index contributed by atoms with van der Waals surface area (Å²) < 4.78 is 6.00. The molecule has 2 bridgehead atoms. The molecule has 16 heavy (non-hydrogen) atoms. The number of carbonyl (C=O) groups is 2. The van der Waals surface area contributed by atoms with Gasteiger partial charge in [0, 0.05) is 12.3 Å². The third-order valence-electron chi connectivity index (χ3n) is 5.74. The zero-order valence-electron chi connectivity index (χ0n) is 9.49. The van der Waals surface area contributed by atoms with Gasteiger partial charge in [-0.25, -0.2) is 0 Å². The molecular formula is C13H16O3. The van der Waals surface area contributed by atoms with Crippen LogP contribution in [0.1, 0.15) is 39.0 Å². The Hall–Kier alpha value is -0.700. The van der Waals surface area contributed by atoms with Gasteiger partial charge in [-0.05, 0) is 26.2 Å². The molecule has 2 heterocycles. The molecule has 2 saturated heterocycles. The van der Waals surface area contributed by atoms with Crippen molar-refractivity contribution in [1.82, 2.24) is 0 Å². The standard InChI is InChI=1S/C13H16O3/c1-12-9-7(3-4-8(9)14)10(16-12)11(15)13(12)5-2-6-13/h7,9-10H,2-6H2,1H3/t7-,9-,10-,12+/m1/s1. The summed E-state index contributed by atoms with van der Waals surface area (Å²) in [6.45, 7) is 2.03. The molecule has 0 aromatic heterocycles. The second-order valence-electron chi connectivity index (χ2n) is 6.09. The second-order valence-corrected chi connectivity index (χ2v) is 6.09. The normalized spacial score (nSPS) is 52.2. The first-order valence-electron chi connectivity index (χ1n) is 6.35. The SMILES string of the molecule is C[C@@]12O[C@@H](C(=O)C13CCC3)[C@@H]1CCC(=O)[C@@H]12. The molecule has 0 aromatic rings. The first kappa shape index (κ1) is 9.34. The van der Waals surface area contributed by atoms with Gasteiger partial charge < -0.3 is 4.74 Å². The molecule has 4 atom stereocenters. The van der Waals surface area contributed by atoms with E-state index in [0.29, 0.717) is 18.0 Å². The maximum atomic E-state index is 12.4. The summed E-state index contributed by atoms with van der Waals surface area (Å²) in [6.07, 6.45) is 4.27. The molecule has 3 heteroatoms. The zero-order valence-corrected chi connectivity index (χ0v) is 9.49. The van der Waals surface area contributed by atoms with Gasteiger partial charge in [-0.3, -0.25) is 9.59 Å². The molecule has 4 fully saturated rings. The van der Waals surface area contributed by atoms with Crippen LogP contribution in [0, 0.1) is 17.3 Å². The molecule has 0 radical (unpaired) electrons.